The normalized spacial score (nSPS) is 11.5. The van der Waals surface area contributed by atoms with E-state index < -0.39 is 0 Å². The third kappa shape index (κ3) is 3.51. The van der Waals surface area contributed by atoms with Gasteiger partial charge >= 0.3 is 5.97 Å². The highest BCUT2D eigenvalue weighted by Crippen LogP contribution is 2.31. The number of esters is 1. The number of carbonyl (C=O) groups excluding carboxylic acids is 1. The zero-order valence-corrected chi connectivity index (χ0v) is 13.3. The lowest BCUT2D eigenvalue weighted by Gasteiger charge is -2.26. The number of benzene rings is 1. The number of hydrogen-bond acceptors (Lipinski definition) is 4. The lowest BCUT2D eigenvalue weighted by molar-refractivity contribution is -0.139. The molecule has 0 bridgehead atoms. The van der Waals surface area contributed by atoms with E-state index in [4.69, 9.17) is 4.74 Å². The third-order valence-corrected chi connectivity index (χ3v) is 3.25. The van der Waals surface area contributed by atoms with Gasteiger partial charge in [0.1, 0.15) is 0 Å². The Morgan fingerprint density at radius 1 is 1.29 bits per heavy atom. The molecule has 1 heterocycles. The number of fused-ring (bicyclic) bond motifs is 1. The van der Waals surface area contributed by atoms with Crippen LogP contribution in [0, 0.1) is 6.92 Å². The van der Waals surface area contributed by atoms with Crippen LogP contribution >= 0.6 is 0 Å². The van der Waals surface area contributed by atoms with Crippen LogP contribution < -0.4 is 5.32 Å². The van der Waals surface area contributed by atoms with Crippen molar-refractivity contribution in [1.29, 1.82) is 0 Å². The van der Waals surface area contributed by atoms with Gasteiger partial charge in [0.2, 0.25) is 0 Å². The quantitative estimate of drug-likeness (QED) is 0.878. The van der Waals surface area contributed by atoms with Crippen LogP contribution in [0.4, 0.5) is 5.69 Å². The average Bonchev–Trinajstić information content (AvgIpc) is 2.41. The van der Waals surface area contributed by atoms with Gasteiger partial charge in [-0.15, -0.1) is 0 Å². The van der Waals surface area contributed by atoms with Gasteiger partial charge in [0.25, 0.3) is 0 Å². The molecule has 0 spiro atoms. The van der Waals surface area contributed by atoms with Crippen molar-refractivity contribution in [2.24, 2.45) is 0 Å². The van der Waals surface area contributed by atoms with E-state index in [9.17, 15) is 4.79 Å². The SMILES string of the molecule is COC(=O)Cc1c(C)nc2ccccc2c1NC(C)(C)C. The largest absolute Gasteiger partial charge is 0.469 e. The number of aromatic nitrogens is 1. The van der Waals surface area contributed by atoms with Gasteiger partial charge < -0.3 is 10.1 Å². The Morgan fingerprint density at radius 3 is 2.57 bits per heavy atom. The minimum absolute atomic E-state index is 0.110. The first-order valence-corrected chi connectivity index (χ1v) is 7.05. The smallest absolute Gasteiger partial charge is 0.310 e. The van der Waals surface area contributed by atoms with Crippen LogP contribution in [0.25, 0.3) is 10.9 Å². The third-order valence-electron chi connectivity index (χ3n) is 3.25. The molecule has 2 rings (SSSR count). The summed E-state index contributed by atoms with van der Waals surface area (Å²) in [6.07, 6.45) is 0.221. The molecule has 0 fully saturated rings. The molecular formula is C17H22N2O2. The first-order chi connectivity index (χ1) is 9.81. The molecule has 2 aromatic rings. The Morgan fingerprint density at radius 2 is 1.95 bits per heavy atom. The topological polar surface area (TPSA) is 51.2 Å². The molecule has 0 unspecified atom stereocenters. The summed E-state index contributed by atoms with van der Waals surface area (Å²) in [5, 5.41) is 4.54. The first-order valence-electron chi connectivity index (χ1n) is 7.05. The van der Waals surface area contributed by atoms with Gasteiger partial charge in [0.15, 0.2) is 0 Å². The molecule has 0 saturated heterocycles. The molecule has 0 aliphatic heterocycles. The second kappa shape index (κ2) is 5.72. The van der Waals surface area contributed by atoms with E-state index in [1.165, 1.54) is 7.11 Å². The van der Waals surface area contributed by atoms with Gasteiger partial charge in [-0.05, 0) is 33.8 Å². The van der Waals surface area contributed by atoms with E-state index >= 15 is 0 Å². The average molecular weight is 286 g/mol. The van der Waals surface area contributed by atoms with Gasteiger partial charge in [-0.2, -0.15) is 0 Å². The highest BCUT2D eigenvalue weighted by molar-refractivity contribution is 5.95. The molecule has 0 atom stereocenters. The summed E-state index contributed by atoms with van der Waals surface area (Å²) in [5.74, 6) is -0.257. The number of aryl methyl sites for hydroxylation is 1. The number of hydrogen-bond donors (Lipinski definition) is 1. The van der Waals surface area contributed by atoms with Gasteiger partial charge in [-0.25, -0.2) is 0 Å². The number of pyridine rings is 1. The van der Waals surface area contributed by atoms with Crippen molar-refractivity contribution < 1.29 is 9.53 Å². The number of para-hydroxylation sites is 1. The Kier molecular flexibility index (Phi) is 4.16. The van der Waals surface area contributed by atoms with Crippen molar-refractivity contribution in [2.45, 2.75) is 39.7 Å². The molecule has 21 heavy (non-hydrogen) atoms. The predicted octanol–water partition coefficient (Wildman–Crippen LogP) is 3.47. The number of ether oxygens (including phenoxy) is 1. The predicted molar refractivity (Wildman–Crippen MR) is 85.6 cm³/mol. The van der Waals surface area contributed by atoms with Gasteiger partial charge in [-0.3, -0.25) is 9.78 Å². The molecule has 112 valence electrons. The number of nitrogens with zero attached hydrogens (tertiary/aromatic N) is 1. The minimum Gasteiger partial charge on any atom is -0.469 e. The molecule has 4 nitrogen and oxygen atoms in total. The standard InChI is InChI=1S/C17H22N2O2/c1-11-13(10-15(20)21-5)16(19-17(2,3)4)12-8-6-7-9-14(12)18-11/h6-9H,10H2,1-5H3,(H,18,19). The zero-order chi connectivity index (χ0) is 15.6. The Bertz CT molecular complexity index is 672. The molecule has 0 saturated carbocycles. The van der Waals surface area contributed by atoms with Crippen molar-refractivity contribution in [3.63, 3.8) is 0 Å². The van der Waals surface area contributed by atoms with Crippen molar-refractivity contribution in [3.05, 3.63) is 35.5 Å². The van der Waals surface area contributed by atoms with Gasteiger partial charge in [0.05, 0.1) is 19.0 Å². The van der Waals surface area contributed by atoms with Crippen LogP contribution in [-0.2, 0) is 16.0 Å². The van der Waals surface area contributed by atoms with Crippen molar-refractivity contribution in [2.75, 3.05) is 12.4 Å². The molecule has 1 N–H and O–H groups in total. The Hall–Kier alpha value is -2.10. The minimum atomic E-state index is -0.257. The fraction of sp³-hybridized carbons (Fsp3) is 0.412. The lowest BCUT2D eigenvalue weighted by atomic mass is 10.00. The number of nitrogens with one attached hydrogen (secondary N) is 1. The van der Waals surface area contributed by atoms with E-state index in [1.54, 1.807) is 0 Å². The van der Waals surface area contributed by atoms with Crippen LogP contribution in [0.5, 0.6) is 0 Å². The lowest BCUT2D eigenvalue weighted by Crippen LogP contribution is -2.27. The molecule has 0 radical (unpaired) electrons. The zero-order valence-electron chi connectivity index (χ0n) is 13.3. The summed E-state index contributed by atoms with van der Waals surface area (Å²) in [5.41, 5.74) is 3.54. The first kappa shape index (κ1) is 15.3. The summed E-state index contributed by atoms with van der Waals surface area (Å²) in [4.78, 5) is 16.3. The molecule has 0 amide bonds. The molecule has 0 aliphatic rings. The maximum Gasteiger partial charge on any atom is 0.310 e. The fourth-order valence-electron chi connectivity index (χ4n) is 2.32. The monoisotopic (exact) mass is 286 g/mol. The number of rotatable bonds is 3. The molecule has 1 aromatic heterocycles. The van der Waals surface area contributed by atoms with Crippen molar-refractivity contribution >= 4 is 22.6 Å². The number of carbonyl (C=O) groups is 1. The highest BCUT2D eigenvalue weighted by atomic mass is 16.5. The van der Waals surface area contributed by atoms with Crippen LogP contribution in [0.15, 0.2) is 24.3 Å². The summed E-state index contributed by atoms with van der Waals surface area (Å²) >= 11 is 0. The van der Waals surface area contributed by atoms with Gasteiger partial charge in [-0.1, -0.05) is 18.2 Å². The number of methoxy groups -OCH3 is 1. The van der Waals surface area contributed by atoms with E-state index in [0.717, 1.165) is 27.8 Å². The fourth-order valence-corrected chi connectivity index (χ4v) is 2.32. The maximum absolute atomic E-state index is 11.7. The summed E-state index contributed by atoms with van der Waals surface area (Å²) in [6, 6.07) is 7.96. The van der Waals surface area contributed by atoms with E-state index in [-0.39, 0.29) is 17.9 Å². The Balaban J connectivity index is 2.66. The molecule has 1 aromatic carbocycles. The van der Waals surface area contributed by atoms with Crippen LogP contribution in [-0.4, -0.2) is 23.6 Å². The second-order valence-corrected chi connectivity index (χ2v) is 6.20. The van der Waals surface area contributed by atoms with E-state index in [0.29, 0.717) is 0 Å². The molecule has 0 aliphatic carbocycles. The summed E-state index contributed by atoms with van der Waals surface area (Å²) in [7, 11) is 1.41. The summed E-state index contributed by atoms with van der Waals surface area (Å²) < 4.78 is 4.81. The Labute approximate surface area is 125 Å². The van der Waals surface area contributed by atoms with E-state index in [1.807, 2.05) is 31.2 Å². The molecule has 4 heteroatoms. The summed E-state index contributed by atoms with van der Waals surface area (Å²) in [6.45, 7) is 8.22. The second-order valence-electron chi connectivity index (χ2n) is 6.20. The van der Waals surface area contributed by atoms with E-state index in [2.05, 4.69) is 31.1 Å². The van der Waals surface area contributed by atoms with Gasteiger partial charge in [0, 0.05) is 27.9 Å². The number of anilines is 1. The van der Waals surface area contributed by atoms with Crippen molar-refractivity contribution in [3.8, 4) is 0 Å². The van der Waals surface area contributed by atoms with Crippen molar-refractivity contribution in [1.82, 2.24) is 4.98 Å². The molecular weight excluding hydrogens is 264 g/mol. The maximum atomic E-state index is 11.7. The highest BCUT2D eigenvalue weighted by Gasteiger charge is 2.19. The van der Waals surface area contributed by atoms with Crippen LogP contribution in [0.2, 0.25) is 0 Å². The van der Waals surface area contributed by atoms with Crippen LogP contribution in [0.3, 0.4) is 0 Å². The van der Waals surface area contributed by atoms with Crippen LogP contribution in [0.1, 0.15) is 32.0 Å².